The van der Waals surface area contributed by atoms with E-state index in [-0.39, 0.29) is 22.1 Å². The summed E-state index contributed by atoms with van der Waals surface area (Å²) in [5, 5.41) is 13.9. The van der Waals surface area contributed by atoms with Gasteiger partial charge in [-0.25, -0.2) is 0 Å². The summed E-state index contributed by atoms with van der Waals surface area (Å²) in [7, 11) is 0. The smallest absolute Gasteiger partial charge is 0.243 e. The number of aromatic nitrogens is 4. The van der Waals surface area contributed by atoms with E-state index in [0.717, 1.165) is 29.9 Å². The van der Waals surface area contributed by atoms with Gasteiger partial charge in [0.1, 0.15) is 6.54 Å². The van der Waals surface area contributed by atoms with Gasteiger partial charge in [0.15, 0.2) is 5.82 Å². The third-order valence-electron chi connectivity index (χ3n) is 3.45. The lowest BCUT2D eigenvalue weighted by Crippen LogP contribution is -3.00. The van der Waals surface area contributed by atoms with Gasteiger partial charge in [-0.05, 0) is 20.8 Å². The summed E-state index contributed by atoms with van der Waals surface area (Å²) >= 11 is 1.37. The molecule has 0 bridgehead atoms. The van der Waals surface area contributed by atoms with E-state index in [1.807, 2.05) is 0 Å². The fraction of sp³-hybridized carbons (Fsp3) is 0.818. The highest BCUT2D eigenvalue weighted by molar-refractivity contribution is 8.13. The number of hydrogen-bond donors (Lipinski definition) is 1. The van der Waals surface area contributed by atoms with Crippen LogP contribution in [0.5, 0.6) is 0 Å². The molecule has 0 aliphatic heterocycles. The van der Waals surface area contributed by atoms with Crippen LogP contribution in [0.15, 0.2) is 0 Å². The van der Waals surface area contributed by atoms with Crippen molar-refractivity contribution in [1.82, 2.24) is 20.6 Å². The normalized spacial score (nSPS) is 11.1. The van der Waals surface area contributed by atoms with Crippen LogP contribution in [0.1, 0.15) is 26.6 Å². The van der Waals surface area contributed by atoms with E-state index in [1.54, 1.807) is 0 Å². The van der Waals surface area contributed by atoms with Gasteiger partial charge in [-0.1, -0.05) is 17.0 Å². The Morgan fingerprint density at radius 3 is 2.37 bits per heavy atom. The number of H-pyrrole nitrogens is 1. The van der Waals surface area contributed by atoms with Crippen LogP contribution < -0.4 is 17.0 Å². The van der Waals surface area contributed by atoms with Gasteiger partial charge in [-0.15, -0.1) is 10.2 Å². The van der Waals surface area contributed by atoms with E-state index in [2.05, 4.69) is 41.4 Å². The van der Waals surface area contributed by atoms with Gasteiger partial charge in [-0.3, -0.25) is 4.79 Å². The number of nitrogens with one attached hydrogen (secondary N) is 1. The van der Waals surface area contributed by atoms with E-state index >= 15 is 0 Å². The number of aryl methyl sites for hydroxylation is 1. The maximum absolute atomic E-state index is 11.9. The number of nitrogens with zero attached hydrogens (tertiary/aromatic N) is 4. The Kier molecular flexibility index (Phi) is 9.20. The van der Waals surface area contributed by atoms with Gasteiger partial charge in [0, 0.05) is 12.2 Å². The Hall–Kier alpha value is -0.470. The molecule has 0 aliphatic rings. The van der Waals surface area contributed by atoms with Gasteiger partial charge in [0.05, 0.1) is 19.6 Å². The minimum atomic E-state index is 0. The van der Waals surface area contributed by atoms with Crippen LogP contribution in [-0.2, 0) is 11.2 Å². The van der Waals surface area contributed by atoms with Gasteiger partial charge < -0.3 is 21.5 Å². The molecule has 8 heteroatoms. The number of hydrogen-bond acceptors (Lipinski definition) is 5. The molecule has 1 N–H and O–H groups in total. The summed E-state index contributed by atoms with van der Waals surface area (Å²) < 4.78 is 0.869. The van der Waals surface area contributed by atoms with E-state index in [9.17, 15) is 4.79 Å². The molecule has 1 aromatic rings. The summed E-state index contributed by atoms with van der Waals surface area (Å²) in [5.74, 6) is 1.38. The third-order valence-corrected chi connectivity index (χ3v) is 4.31. The summed E-state index contributed by atoms with van der Waals surface area (Å²) in [6.07, 6.45) is 0.678. The second kappa shape index (κ2) is 9.44. The maximum Gasteiger partial charge on any atom is 0.243 e. The Morgan fingerprint density at radius 1 is 1.26 bits per heavy atom. The fourth-order valence-corrected chi connectivity index (χ4v) is 2.75. The van der Waals surface area contributed by atoms with Crippen molar-refractivity contribution in [3.63, 3.8) is 0 Å². The number of aromatic amines is 1. The van der Waals surface area contributed by atoms with Gasteiger partial charge in [-0.2, -0.15) is 5.21 Å². The highest BCUT2D eigenvalue weighted by Crippen LogP contribution is 2.12. The Labute approximate surface area is 129 Å². The first-order valence-corrected chi connectivity index (χ1v) is 7.37. The molecule has 0 unspecified atom stereocenters. The summed E-state index contributed by atoms with van der Waals surface area (Å²) in [6.45, 7) is 10.1. The van der Waals surface area contributed by atoms with Crippen molar-refractivity contribution in [2.75, 3.05) is 31.9 Å². The molecule has 0 aliphatic carbocycles. The Balaban J connectivity index is 0.00000324. The van der Waals surface area contributed by atoms with Gasteiger partial charge in [0.25, 0.3) is 0 Å². The predicted molar refractivity (Wildman–Crippen MR) is 72.1 cm³/mol. The zero-order chi connectivity index (χ0) is 13.4. The summed E-state index contributed by atoms with van der Waals surface area (Å²) in [5.41, 5.74) is 0. The SMILES string of the molecule is CC[N+](CC)(CC)CC(=O)SCCc1nn[nH]n1.[Br-]. The molecular weight excluding hydrogens is 330 g/mol. The van der Waals surface area contributed by atoms with Crippen molar-refractivity contribution in [3.8, 4) is 0 Å². The van der Waals surface area contributed by atoms with Crippen LogP contribution in [0.25, 0.3) is 0 Å². The standard InChI is InChI=1S/C11H22N5OS.BrH/c1-4-16(5-2,6-3)9-11(17)18-8-7-10-12-14-15-13-10;/h4-9H2,1-3H3,(H,12,13,14,15);1H/q+1;/p-1. The topological polar surface area (TPSA) is 71.5 Å². The number of rotatable bonds is 8. The molecule has 0 aromatic carbocycles. The minimum Gasteiger partial charge on any atom is -1.00 e. The summed E-state index contributed by atoms with van der Waals surface area (Å²) in [4.78, 5) is 11.9. The van der Waals surface area contributed by atoms with E-state index in [4.69, 9.17) is 0 Å². The second-order valence-electron chi connectivity index (χ2n) is 4.25. The number of carbonyl (C=O) groups excluding carboxylic acids is 1. The highest BCUT2D eigenvalue weighted by Gasteiger charge is 2.24. The number of carbonyl (C=O) groups is 1. The molecule has 1 heterocycles. The largest absolute Gasteiger partial charge is 1.00 e. The molecule has 0 saturated carbocycles. The zero-order valence-corrected chi connectivity index (χ0v) is 14.1. The van der Waals surface area contributed by atoms with E-state index in [1.165, 1.54) is 11.8 Å². The number of thioether (sulfide) groups is 1. The molecular formula is C11H22BrN5OS. The maximum atomic E-state index is 11.9. The molecule has 0 amide bonds. The molecule has 0 atom stereocenters. The lowest BCUT2D eigenvalue weighted by Gasteiger charge is -2.34. The van der Waals surface area contributed by atoms with Crippen LogP contribution >= 0.6 is 11.8 Å². The Morgan fingerprint density at radius 2 is 1.89 bits per heavy atom. The Bertz CT molecular complexity index is 348. The van der Waals surface area contributed by atoms with Crippen molar-refractivity contribution >= 4 is 16.9 Å². The molecule has 1 rings (SSSR count). The number of quaternary nitrogens is 1. The van der Waals surface area contributed by atoms with Gasteiger partial charge >= 0.3 is 0 Å². The predicted octanol–water partition coefficient (Wildman–Crippen LogP) is -2.12. The summed E-state index contributed by atoms with van der Waals surface area (Å²) in [6, 6.07) is 0. The molecule has 0 saturated heterocycles. The first-order valence-electron chi connectivity index (χ1n) is 6.38. The van der Waals surface area contributed by atoms with Crippen LogP contribution in [0.2, 0.25) is 0 Å². The fourth-order valence-electron chi connectivity index (χ4n) is 1.87. The number of tetrazole rings is 1. The van der Waals surface area contributed by atoms with Crippen LogP contribution in [0.4, 0.5) is 0 Å². The van der Waals surface area contributed by atoms with Crippen LogP contribution in [0.3, 0.4) is 0 Å². The van der Waals surface area contributed by atoms with Crippen molar-refractivity contribution < 1.29 is 26.3 Å². The average Bonchev–Trinajstić information content (AvgIpc) is 2.89. The van der Waals surface area contributed by atoms with E-state index in [0.29, 0.717) is 18.8 Å². The van der Waals surface area contributed by atoms with Crippen LogP contribution in [-0.4, -0.2) is 62.2 Å². The molecule has 19 heavy (non-hydrogen) atoms. The monoisotopic (exact) mass is 351 g/mol. The number of halogens is 1. The minimum absolute atomic E-state index is 0. The lowest BCUT2D eigenvalue weighted by molar-refractivity contribution is -0.915. The van der Waals surface area contributed by atoms with Crippen molar-refractivity contribution in [2.45, 2.75) is 27.2 Å². The van der Waals surface area contributed by atoms with Crippen molar-refractivity contribution in [1.29, 1.82) is 0 Å². The number of likely N-dealkylation sites (N-methyl/N-ethyl adjacent to an activating group) is 1. The lowest BCUT2D eigenvalue weighted by atomic mass is 10.3. The second-order valence-corrected chi connectivity index (χ2v) is 5.40. The average molecular weight is 352 g/mol. The molecule has 0 spiro atoms. The molecule has 0 fully saturated rings. The van der Waals surface area contributed by atoms with Crippen molar-refractivity contribution in [2.24, 2.45) is 0 Å². The third kappa shape index (κ3) is 6.01. The van der Waals surface area contributed by atoms with Gasteiger partial charge in [0.2, 0.25) is 5.12 Å². The first kappa shape index (κ1) is 18.5. The molecule has 6 nitrogen and oxygen atoms in total. The van der Waals surface area contributed by atoms with Crippen LogP contribution in [0, 0.1) is 0 Å². The van der Waals surface area contributed by atoms with Crippen molar-refractivity contribution in [3.05, 3.63) is 5.82 Å². The molecule has 1 aromatic heterocycles. The molecule has 110 valence electrons. The van der Waals surface area contributed by atoms with E-state index < -0.39 is 0 Å². The first-order chi connectivity index (χ1) is 8.65. The zero-order valence-electron chi connectivity index (χ0n) is 11.7. The quantitative estimate of drug-likeness (QED) is 0.542. The highest BCUT2D eigenvalue weighted by atomic mass is 79.9. The molecule has 0 radical (unpaired) electrons.